The lowest BCUT2D eigenvalue weighted by molar-refractivity contribution is -0.135. The number of hydrogen-bond donors (Lipinski definition) is 1. The summed E-state index contributed by atoms with van der Waals surface area (Å²) in [6.45, 7) is 0.784. The van der Waals surface area contributed by atoms with Gasteiger partial charge in [0.05, 0.1) is 0 Å². The van der Waals surface area contributed by atoms with Crippen molar-refractivity contribution >= 4 is 12.0 Å². The van der Waals surface area contributed by atoms with Crippen molar-refractivity contribution in [3.63, 3.8) is 0 Å². The predicted molar refractivity (Wildman–Crippen MR) is 63.3 cm³/mol. The van der Waals surface area contributed by atoms with Crippen LogP contribution in [0.25, 0.3) is 6.08 Å². The van der Waals surface area contributed by atoms with Crippen LogP contribution < -0.4 is 5.32 Å². The van der Waals surface area contributed by atoms with Crippen LogP contribution in [0.4, 0.5) is 13.2 Å². The Hall–Kier alpha value is -1.72. The average molecular weight is 273 g/mol. The Labute approximate surface area is 108 Å². The van der Waals surface area contributed by atoms with Gasteiger partial charge in [0.25, 0.3) is 0 Å². The molecule has 104 valence electrons. The summed E-state index contributed by atoms with van der Waals surface area (Å²) < 4.78 is 41.1. The van der Waals surface area contributed by atoms with E-state index in [-0.39, 0.29) is 0 Å². The topological polar surface area (TPSA) is 42.2 Å². The van der Waals surface area contributed by atoms with Crippen molar-refractivity contribution in [1.82, 2.24) is 5.32 Å². The minimum Gasteiger partial charge on any atom is -0.461 e. The fraction of sp³-hybridized carbons (Fsp3) is 0.462. The molecule has 1 fully saturated rings. The summed E-state index contributed by atoms with van der Waals surface area (Å²) in [4.78, 5) is 11.1. The molecule has 2 unspecified atom stereocenters. The summed E-state index contributed by atoms with van der Waals surface area (Å²) in [5.74, 6) is 1.58. The third kappa shape index (κ3) is 4.15. The third-order valence-electron chi connectivity index (χ3n) is 2.98. The van der Waals surface area contributed by atoms with Gasteiger partial charge in [0.15, 0.2) is 0 Å². The van der Waals surface area contributed by atoms with Gasteiger partial charge in [-0.25, -0.2) is 0 Å². The number of halogens is 3. The minimum absolute atomic E-state index is 0.432. The van der Waals surface area contributed by atoms with Crippen LogP contribution >= 0.6 is 0 Å². The van der Waals surface area contributed by atoms with E-state index in [9.17, 15) is 18.0 Å². The lowest BCUT2D eigenvalue weighted by Gasteiger charge is -2.05. The predicted octanol–water partition coefficient (Wildman–Crippen LogP) is 3.09. The zero-order valence-electron chi connectivity index (χ0n) is 10.3. The molecule has 0 bridgehead atoms. The van der Waals surface area contributed by atoms with Gasteiger partial charge < -0.3 is 9.73 Å². The molecule has 0 aromatic carbocycles. The number of carbonyl (C=O) groups is 1. The number of amides is 1. The van der Waals surface area contributed by atoms with E-state index < -0.39 is 18.6 Å². The van der Waals surface area contributed by atoms with Crippen molar-refractivity contribution in [3.8, 4) is 0 Å². The second-order valence-electron chi connectivity index (χ2n) is 4.73. The van der Waals surface area contributed by atoms with Crippen LogP contribution in [-0.4, -0.2) is 18.6 Å². The van der Waals surface area contributed by atoms with Crippen molar-refractivity contribution in [1.29, 1.82) is 0 Å². The Morgan fingerprint density at radius 2 is 2.21 bits per heavy atom. The molecule has 6 heteroatoms. The highest BCUT2D eigenvalue weighted by Gasteiger charge is 2.36. The molecule has 1 aliphatic rings. The maximum Gasteiger partial charge on any atom is 0.405 e. The first-order chi connectivity index (χ1) is 8.85. The van der Waals surface area contributed by atoms with Crippen molar-refractivity contribution in [2.45, 2.75) is 25.4 Å². The van der Waals surface area contributed by atoms with Crippen LogP contribution in [0.5, 0.6) is 0 Å². The maximum atomic E-state index is 11.9. The molecule has 0 saturated heterocycles. The van der Waals surface area contributed by atoms with E-state index in [4.69, 9.17) is 4.42 Å². The molecule has 1 amide bonds. The molecule has 2 atom stereocenters. The van der Waals surface area contributed by atoms with Gasteiger partial charge in [0, 0.05) is 12.0 Å². The molecule has 1 heterocycles. The fourth-order valence-corrected chi connectivity index (χ4v) is 1.78. The van der Waals surface area contributed by atoms with Gasteiger partial charge in [-0.1, -0.05) is 6.92 Å². The number of alkyl halides is 3. The largest absolute Gasteiger partial charge is 0.461 e. The molecule has 2 rings (SSSR count). The summed E-state index contributed by atoms with van der Waals surface area (Å²) in [6.07, 6.45) is -0.918. The van der Waals surface area contributed by atoms with Crippen molar-refractivity contribution in [2.24, 2.45) is 5.92 Å². The SMILES string of the molecule is CC1CC1c1ccc(/C=C/C(=O)NCC(F)(F)F)o1. The standard InChI is InChI=1S/C13H14F3NO2/c1-8-6-10(8)11-4-2-9(19-11)3-5-12(18)17-7-13(14,15)16/h2-5,8,10H,6-7H2,1H3,(H,17,18)/b5-3+. The van der Waals surface area contributed by atoms with Crippen LogP contribution in [0.3, 0.4) is 0 Å². The van der Waals surface area contributed by atoms with Crippen LogP contribution in [0.2, 0.25) is 0 Å². The van der Waals surface area contributed by atoms with Gasteiger partial charge in [0.1, 0.15) is 18.1 Å². The van der Waals surface area contributed by atoms with E-state index in [0.29, 0.717) is 17.6 Å². The van der Waals surface area contributed by atoms with Crippen LogP contribution in [-0.2, 0) is 4.79 Å². The molecule has 1 N–H and O–H groups in total. The van der Waals surface area contributed by atoms with Gasteiger partial charge in [-0.15, -0.1) is 0 Å². The van der Waals surface area contributed by atoms with Crippen LogP contribution in [0.15, 0.2) is 22.6 Å². The Balaban J connectivity index is 1.84. The van der Waals surface area contributed by atoms with Gasteiger partial charge in [0.2, 0.25) is 5.91 Å². The zero-order valence-corrected chi connectivity index (χ0v) is 10.3. The summed E-state index contributed by atoms with van der Waals surface area (Å²) in [5, 5.41) is 1.75. The molecule has 0 spiro atoms. The van der Waals surface area contributed by atoms with E-state index in [1.54, 1.807) is 11.4 Å². The molecule has 1 saturated carbocycles. The molecular formula is C13H14F3NO2. The number of nitrogens with one attached hydrogen (secondary N) is 1. The summed E-state index contributed by atoms with van der Waals surface area (Å²) in [6, 6.07) is 3.54. The molecule has 1 aliphatic carbocycles. The molecule has 0 radical (unpaired) electrons. The summed E-state index contributed by atoms with van der Waals surface area (Å²) >= 11 is 0. The van der Waals surface area contributed by atoms with Crippen LogP contribution in [0, 0.1) is 5.92 Å². The Morgan fingerprint density at radius 1 is 1.53 bits per heavy atom. The lowest BCUT2D eigenvalue weighted by atomic mass is 10.3. The van der Waals surface area contributed by atoms with Gasteiger partial charge >= 0.3 is 6.18 Å². The van der Waals surface area contributed by atoms with Gasteiger partial charge in [-0.3, -0.25) is 4.79 Å². The second-order valence-corrected chi connectivity index (χ2v) is 4.73. The van der Waals surface area contributed by atoms with Gasteiger partial charge in [-0.2, -0.15) is 13.2 Å². The van der Waals surface area contributed by atoms with E-state index in [0.717, 1.165) is 18.3 Å². The summed E-state index contributed by atoms with van der Waals surface area (Å²) in [5.41, 5.74) is 0. The number of rotatable bonds is 4. The van der Waals surface area contributed by atoms with Crippen LogP contribution in [0.1, 0.15) is 30.8 Å². The Kier molecular flexibility index (Phi) is 3.68. The molecule has 19 heavy (non-hydrogen) atoms. The number of hydrogen-bond acceptors (Lipinski definition) is 2. The highest BCUT2D eigenvalue weighted by Crippen LogP contribution is 2.47. The quantitative estimate of drug-likeness (QED) is 0.856. The normalized spacial score (nSPS) is 22.7. The first-order valence-electron chi connectivity index (χ1n) is 5.97. The van der Waals surface area contributed by atoms with Gasteiger partial charge in [-0.05, 0) is 30.5 Å². The summed E-state index contributed by atoms with van der Waals surface area (Å²) in [7, 11) is 0. The second kappa shape index (κ2) is 5.11. The number of carbonyl (C=O) groups excluding carboxylic acids is 1. The van der Waals surface area contributed by atoms with E-state index in [2.05, 4.69) is 6.92 Å². The first kappa shape index (κ1) is 13.7. The Morgan fingerprint density at radius 3 is 2.79 bits per heavy atom. The molecule has 1 aromatic heterocycles. The molecular weight excluding hydrogens is 259 g/mol. The van der Waals surface area contributed by atoms with E-state index in [1.165, 1.54) is 6.08 Å². The molecule has 3 nitrogen and oxygen atoms in total. The third-order valence-corrected chi connectivity index (χ3v) is 2.98. The van der Waals surface area contributed by atoms with E-state index >= 15 is 0 Å². The number of furan rings is 1. The maximum absolute atomic E-state index is 11.9. The van der Waals surface area contributed by atoms with E-state index in [1.807, 2.05) is 6.07 Å². The van der Waals surface area contributed by atoms with Crippen molar-refractivity contribution < 1.29 is 22.4 Å². The fourth-order valence-electron chi connectivity index (χ4n) is 1.78. The Bertz CT molecular complexity index is 490. The minimum atomic E-state index is -4.40. The highest BCUT2D eigenvalue weighted by atomic mass is 19.4. The smallest absolute Gasteiger partial charge is 0.405 e. The zero-order chi connectivity index (χ0) is 14.0. The van der Waals surface area contributed by atoms with Crippen molar-refractivity contribution in [2.75, 3.05) is 6.54 Å². The molecule has 1 aromatic rings. The lowest BCUT2D eigenvalue weighted by Crippen LogP contribution is -2.32. The van der Waals surface area contributed by atoms with Crippen molar-refractivity contribution in [3.05, 3.63) is 29.7 Å². The highest BCUT2D eigenvalue weighted by molar-refractivity contribution is 5.91. The molecule has 0 aliphatic heterocycles. The average Bonchev–Trinajstić information content (AvgIpc) is 2.88. The monoisotopic (exact) mass is 273 g/mol. The first-order valence-corrected chi connectivity index (χ1v) is 5.97.